The smallest absolute Gasteiger partial charge is 0.335 e. The average Bonchev–Trinajstić information content (AvgIpc) is 2.38. The van der Waals surface area contributed by atoms with E-state index in [1.807, 2.05) is 11.8 Å². The fraction of sp³-hybridized carbons (Fsp3) is 0.333. The third-order valence-corrected chi connectivity index (χ3v) is 2.64. The molecule has 0 aliphatic carbocycles. The molecular formula is C15H20N2O2. The zero-order valence-corrected chi connectivity index (χ0v) is 11.3. The van der Waals surface area contributed by atoms with Crippen LogP contribution in [0.5, 0.6) is 0 Å². The van der Waals surface area contributed by atoms with Crippen molar-refractivity contribution in [2.75, 3.05) is 18.0 Å². The lowest BCUT2D eigenvalue weighted by Crippen LogP contribution is -2.25. The molecule has 1 heterocycles. The van der Waals surface area contributed by atoms with Gasteiger partial charge in [0.15, 0.2) is 0 Å². The van der Waals surface area contributed by atoms with Crippen LogP contribution in [0, 0.1) is 0 Å². The summed E-state index contributed by atoms with van der Waals surface area (Å²) in [5.41, 5.74) is 1.07. The predicted molar refractivity (Wildman–Crippen MR) is 77.8 cm³/mol. The largest absolute Gasteiger partial charge is 0.478 e. The number of hydrogen-bond acceptors (Lipinski definition) is 3. The Kier molecular flexibility index (Phi) is 5.79. The highest BCUT2D eigenvalue weighted by molar-refractivity contribution is 5.88. The van der Waals surface area contributed by atoms with Crippen molar-refractivity contribution < 1.29 is 9.90 Å². The molecule has 0 aromatic carbocycles. The Morgan fingerprint density at radius 1 is 1.37 bits per heavy atom. The highest BCUT2D eigenvalue weighted by Crippen LogP contribution is 2.16. The van der Waals surface area contributed by atoms with Gasteiger partial charge in [-0.25, -0.2) is 9.78 Å². The minimum Gasteiger partial charge on any atom is -0.478 e. The van der Waals surface area contributed by atoms with E-state index in [0.29, 0.717) is 18.9 Å². The van der Waals surface area contributed by atoms with Gasteiger partial charge in [0.2, 0.25) is 0 Å². The van der Waals surface area contributed by atoms with Crippen molar-refractivity contribution in [3.05, 3.63) is 48.7 Å². The van der Waals surface area contributed by atoms with Gasteiger partial charge in [-0.05, 0) is 18.6 Å². The van der Waals surface area contributed by atoms with Crippen LogP contribution in [-0.4, -0.2) is 29.1 Å². The number of aromatic carboxylic acids is 1. The van der Waals surface area contributed by atoms with Crippen molar-refractivity contribution in [1.82, 2.24) is 4.98 Å². The number of carbonyl (C=O) groups is 1. The van der Waals surface area contributed by atoms with Crippen LogP contribution >= 0.6 is 0 Å². The van der Waals surface area contributed by atoms with Crippen molar-refractivity contribution in [1.29, 1.82) is 0 Å². The number of carboxylic acids is 1. The van der Waals surface area contributed by atoms with Crippen LogP contribution in [-0.2, 0) is 6.42 Å². The fourth-order valence-electron chi connectivity index (χ4n) is 1.81. The number of aromatic nitrogens is 1. The van der Waals surface area contributed by atoms with Crippen molar-refractivity contribution in [2.24, 2.45) is 0 Å². The van der Waals surface area contributed by atoms with Gasteiger partial charge in [-0.15, -0.1) is 13.2 Å². The van der Waals surface area contributed by atoms with E-state index in [1.54, 1.807) is 24.3 Å². The molecule has 0 radical (unpaired) electrons. The van der Waals surface area contributed by atoms with E-state index < -0.39 is 5.97 Å². The van der Waals surface area contributed by atoms with Gasteiger partial charge in [-0.2, -0.15) is 0 Å². The van der Waals surface area contributed by atoms with E-state index in [0.717, 1.165) is 18.5 Å². The zero-order chi connectivity index (χ0) is 14.3. The molecule has 4 nitrogen and oxygen atoms in total. The number of carboxylic acid groups (broad SMARTS) is 1. The first-order valence-corrected chi connectivity index (χ1v) is 6.33. The number of hydrogen-bond donors (Lipinski definition) is 1. The van der Waals surface area contributed by atoms with E-state index in [1.165, 1.54) is 0 Å². The van der Waals surface area contributed by atoms with E-state index in [-0.39, 0.29) is 5.56 Å². The molecule has 0 saturated heterocycles. The third-order valence-electron chi connectivity index (χ3n) is 2.64. The van der Waals surface area contributed by atoms with Crippen LogP contribution in [0.25, 0.3) is 0 Å². The van der Waals surface area contributed by atoms with E-state index >= 15 is 0 Å². The van der Waals surface area contributed by atoms with E-state index in [4.69, 9.17) is 5.11 Å². The van der Waals surface area contributed by atoms with Crippen LogP contribution in [0.2, 0.25) is 0 Å². The van der Waals surface area contributed by atoms with Gasteiger partial charge in [0, 0.05) is 18.8 Å². The first-order valence-electron chi connectivity index (χ1n) is 6.33. The maximum Gasteiger partial charge on any atom is 0.335 e. The molecule has 1 rings (SSSR count). The molecule has 0 atom stereocenters. The molecule has 4 heteroatoms. The summed E-state index contributed by atoms with van der Waals surface area (Å²) in [5, 5.41) is 9.16. The summed E-state index contributed by atoms with van der Waals surface area (Å²) in [6, 6.07) is 3.23. The molecule has 102 valence electrons. The minimum atomic E-state index is -0.932. The number of nitrogens with zero attached hydrogens (tertiary/aromatic N) is 2. The zero-order valence-electron chi connectivity index (χ0n) is 11.3. The highest BCUT2D eigenvalue weighted by atomic mass is 16.4. The SMILES string of the molecule is C=CCN(CC=C)c1cc(C(=O)O)cc(CCC)n1. The molecule has 0 aliphatic heterocycles. The Hall–Kier alpha value is -2.10. The van der Waals surface area contributed by atoms with Gasteiger partial charge < -0.3 is 10.0 Å². The second-order valence-corrected chi connectivity index (χ2v) is 4.24. The summed E-state index contributed by atoms with van der Waals surface area (Å²) in [7, 11) is 0. The van der Waals surface area contributed by atoms with Crippen molar-refractivity contribution in [3.8, 4) is 0 Å². The number of aryl methyl sites for hydroxylation is 1. The van der Waals surface area contributed by atoms with Gasteiger partial charge in [-0.3, -0.25) is 0 Å². The summed E-state index contributed by atoms with van der Waals surface area (Å²) in [6.07, 6.45) is 5.22. The molecule has 0 amide bonds. The van der Waals surface area contributed by atoms with E-state index in [9.17, 15) is 4.79 Å². The van der Waals surface area contributed by atoms with Crippen molar-refractivity contribution >= 4 is 11.8 Å². The Bertz CT molecular complexity index is 459. The van der Waals surface area contributed by atoms with Gasteiger partial charge in [-0.1, -0.05) is 25.5 Å². The van der Waals surface area contributed by atoms with Gasteiger partial charge in [0.05, 0.1) is 5.56 Å². The number of rotatable bonds is 8. The summed E-state index contributed by atoms with van der Waals surface area (Å²) >= 11 is 0. The quantitative estimate of drug-likeness (QED) is 0.730. The minimum absolute atomic E-state index is 0.270. The average molecular weight is 260 g/mol. The lowest BCUT2D eigenvalue weighted by atomic mass is 10.1. The van der Waals surface area contributed by atoms with Crippen LogP contribution in [0.4, 0.5) is 5.82 Å². The lowest BCUT2D eigenvalue weighted by molar-refractivity contribution is 0.0696. The monoisotopic (exact) mass is 260 g/mol. The third kappa shape index (κ3) is 4.25. The summed E-state index contributed by atoms with van der Waals surface area (Å²) in [4.78, 5) is 17.6. The molecule has 0 unspecified atom stereocenters. The predicted octanol–water partition coefficient (Wildman–Crippen LogP) is 2.91. The molecule has 0 spiro atoms. The second kappa shape index (κ2) is 7.36. The Labute approximate surface area is 114 Å². The molecule has 1 aromatic heterocycles. The highest BCUT2D eigenvalue weighted by Gasteiger charge is 2.12. The fourth-order valence-corrected chi connectivity index (χ4v) is 1.81. The molecule has 0 bridgehead atoms. The number of pyridine rings is 1. The standard InChI is InChI=1S/C15H20N2O2/c1-4-7-13-10-12(15(18)19)11-14(16-13)17(8-5-2)9-6-3/h5-6,10-11H,2-4,7-9H2,1H3,(H,18,19). The topological polar surface area (TPSA) is 53.4 Å². The van der Waals surface area contributed by atoms with Gasteiger partial charge in [0.25, 0.3) is 0 Å². The summed E-state index contributed by atoms with van der Waals surface area (Å²) < 4.78 is 0. The normalized spacial score (nSPS) is 9.95. The van der Waals surface area contributed by atoms with E-state index in [2.05, 4.69) is 18.1 Å². The maximum atomic E-state index is 11.2. The van der Waals surface area contributed by atoms with Gasteiger partial charge >= 0.3 is 5.97 Å². The van der Waals surface area contributed by atoms with Crippen LogP contribution < -0.4 is 4.90 Å². The molecule has 1 N–H and O–H groups in total. The first kappa shape index (κ1) is 15.0. The Balaban J connectivity index is 3.18. The van der Waals surface area contributed by atoms with Gasteiger partial charge in [0.1, 0.15) is 5.82 Å². The van der Waals surface area contributed by atoms with Crippen molar-refractivity contribution in [2.45, 2.75) is 19.8 Å². The van der Waals surface area contributed by atoms with Crippen LogP contribution in [0.3, 0.4) is 0 Å². The maximum absolute atomic E-state index is 11.2. The molecule has 1 aromatic rings. The van der Waals surface area contributed by atoms with Crippen LogP contribution in [0.1, 0.15) is 29.4 Å². The first-order chi connectivity index (χ1) is 9.12. The summed E-state index contributed by atoms with van der Waals surface area (Å²) in [5.74, 6) is -0.277. The molecule has 0 aliphatic rings. The lowest BCUT2D eigenvalue weighted by Gasteiger charge is -2.21. The number of anilines is 1. The molecular weight excluding hydrogens is 240 g/mol. The molecule has 0 fully saturated rings. The molecule has 19 heavy (non-hydrogen) atoms. The molecule has 0 saturated carbocycles. The Morgan fingerprint density at radius 2 is 2.00 bits per heavy atom. The second-order valence-electron chi connectivity index (χ2n) is 4.24. The van der Waals surface area contributed by atoms with Crippen molar-refractivity contribution in [3.63, 3.8) is 0 Å². The Morgan fingerprint density at radius 3 is 2.47 bits per heavy atom. The summed E-state index contributed by atoms with van der Waals surface area (Å²) in [6.45, 7) is 10.7. The van der Waals surface area contributed by atoms with Crippen LogP contribution in [0.15, 0.2) is 37.4 Å².